The zero-order valence-corrected chi connectivity index (χ0v) is 25.7. The summed E-state index contributed by atoms with van der Waals surface area (Å²) in [4.78, 5) is 52.5. The standard InChI is InChI=1S/C32H44F2N4O6.2H2/c1-5-8-9-26(36-19(4)39)28(40)29(41)27(14-20-12-24(33)18-25(34)13-20)37-31(43)22-15-21(30(35)42)16-23(17-22)32(44)38(10-6-2)11-7-3;;/h12-13,15-18,26-29,40-41H,5-11,14H2,1-4H3,(H2,35,42)(H,36,39)(H,37,43);2*1H/t26-,27+,28-,29-;;/m1../s1. The van der Waals surface area contributed by atoms with E-state index in [0.717, 1.165) is 18.6 Å². The van der Waals surface area contributed by atoms with Crippen molar-refractivity contribution < 1.29 is 41.0 Å². The van der Waals surface area contributed by atoms with Crippen molar-refractivity contribution in [1.82, 2.24) is 15.5 Å². The first-order valence-electron chi connectivity index (χ1n) is 14.9. The number of primary amides is 1. The number of hydrogen-bond donors (Lipinski definition) is 5. The van der Waals surface area contributed by atoms with Crippen LogP contribution in [0.1, 0.15) is 99.3 Å². The molecule has 0 spiro atoms. The number of aliphatic hydroxyl groups is 2. The summed E-state index contributed by atoms with van der Waals surface area (Å²) < 4.78 is 28.1. The Morgan fingerprint density at radius 1 is 0.818 bits per heavy atom. The monoisotopic (exact) mass is 622 g/mol. The predicted molar refractivity (Wildman–Crippen MR) is 166 cm³/mol. The molecule has 0 bridgehead atoms. The molecular formula is C32H48F2N4O6. The summed E-state index contributed by atoms with van der Waals surface area (Å²) in [5.74, 6) is -4.30. The Labute approximate surface area is 260 Å². The van der Waals surface area contributed by atoms with Crippen LogP contribution in [0.5, 0.6) is 0 Å². The third-order valence-electron chi connectivity index (χ3n) is 7.13. The van der Waals surface area contributed by atoms with Crippen LogP contribution in [0.2, 0.25) is 0 Å². The minimum Gasteiger partial charge on any atom is -0.388 e. The number of unbranched alkanes of at least 4 members (excludes halogenated alkanes) is 1. The zero-order valence-electron chi connectivity index (χ0n) is 25.7. The van der Waals surface area contributed by atoms with E-state index in [1.165, 1.54) is 25.1 Å². The number of rotatable bonds is 17. The molecule has 0 saturated heterocycles. The van der Waals surface area contributed by atoms with Gasteiger partial charge in [0.1, 0.15) is 23.8 Å². The Morgan fingerprint density at radius 3 is 1.89 bits per heavy atom. The zero-order chi connectivity index (χ0) is 33.0. The Morgan fingerprint density at radius 2 is 1.36 bits per heavy atom. The molecule has 0 unspecified atom stereocenters. The van der Waals surface area contributed by atoms with Crippen LogP contribution in [-0.2, 0) is 11.2 Å². The molecule has 0 saturated carbocycles. The second-order valence-corrected chi connectivity index (χ2v) is 10.9. The first-order valence-corrected chi connectivity index (χ1v) is 14.9. The summed E-state index contributed by atoms with van der Waals surface area (Å²) >= 11 is 0. The largest absolute Gasteiger partial charge is 0.388 e. The quantitative estimate of drug-likeness (QED) is 0.181. The smallest absolute Gasteiger partial charge is 0.253 e. The molecule has 0 aliphatic carbocycles. The van der Waals surface area contributed by atoms with Gasteiger partial charge in [0.15, 0.2) is 0 Å². The van der Waals surface area contributed by atoms with Crippen molar-refractivity contribution >= 4 is 23.6 Å². The van der Waals surface area contributed by atoms with Gasteiger partial charge in [-0.05, 0) is 61.6 Å². The molecule has 2 aromatic carbocycles. The fourth-order valence-electron chi connectivity index (χ4n) is 5.04. The number of hydrogen-bond acceptors (Lipinski definition) is 6. The minimum absolute atomic E-state index is 0. The van der Waals surface area contributed by atoms with Crippen molar-refractivity contribution in [1.29, 1.82) is 0 Å². The van der Waals surface area contributed by atoms with E-state index in [-0.39, 0.29) is 31.5 Å². The van der Waals surface area contributed by atoms with Crippen molar-refractivity contribution in [2.75, 3.05) is 13.1 Å². The third kappa shape index (κ3) is 10.7. The number of benzene rings is 2. The lowest BCUT2D eigenvalue weighted by atomic mass is 9.91. The van der Waals surface area contributed by atoms with E-state index in [2.05, 4.69) is 10.6 Å². The van der Waals surface area contributed by atoms with E-state index < -0.39 is 59.6 Å². The second-order valence-electron chi connectivity index (χ2n) is 10.9. The maximum absolute atomic E-state index is 14.0. The average molecular weight is 623 g/mol. The van der Waals surface area contributed by atoms with Gasteiger partial charge in [-0.25, -0.2) is 8.78 Å². The molecule has 12 heteroatoms. The maximum atomic E-state index is 14.0. The Kier molecular flexibility index (Phi) is 14.4. The van der Waals surface area contributed by atoms with Gasteiger partial charge in [0, 0.05) is 45.6 Å². The predicted octanol–water partition coefficient (Wildman–Crippen LogP) is 3.58. The van der Waals surface area contributed by atoms with E-state index in [0.29, 0.717) is 44.8 Å². The lowest BCUT2D eigenvalue weighted by Crippen LogP contribution is -2.56. The fourth-order valence-corrected chi connectivity index (χ4v) is 5.04. The molecule has 10 nitrogen and oxygen atoms in total. The van der Waals surface area contributed by atoms with Gasteiger partial charge in [0.25, 0.3) is 11.8 Å². The molecule has 6 N–H and O–H groups in total. The molecular weight excluding hydrogens is 574 g/mol. The number of amides is 4. The summed E-state index contributed by atoms with van der Waals surface area (Å²) in [6.45, 7) is 7.92. The van der Waals surface area contributed by atoms with Gasteiger partial charge in [-0.15, -0.1) is 0 Å². The van der Waals surface area contributed by atoms with E-state index in [4.69, 9.17) is 5.73 Å². The van der Waals surface area contributed by atoms with Crippen LogP contribution in [0, 0.1) is 11.6 Å². The van der Waals surface area contributed by atoms with Gasteiger partial charge in [0.2, 0.25) is 11.8 Å². The van der Waals surface area contributed by atoms with Crippen LogP contribution in [0.3, 0.4) is 0 Å². The number of nitrogens with one attached hydrogen (secondary N) is 2. The Hall–Kier alpha value is -3.90. The first-order chi connectivity index (χ1) is 20.8. The van der Waals surface area contributed by atoms with Gasteiger partial charge in [0.05, 0.1) is 12.1 Å². The van der Waals surface area contributed by atoms with E-state index in [9.17, 15) is 38.2 Å². The number of aliphatic hydroxyl groups excluding tert-OH is 2. The van der Waals surface area contributed by atoms with E-state index in [1.54, 1.807) is 4.90 Å². The molecule has 0 aliphatic heterocycles. The number of carbonyl (C=O) groups is 4. The second kappa shape index (κ2) is 17.4. The van der Waals surface area contributed by atoms with Crippen molar-refractivity contribution in [2.24, 2.45) is 5.73 Å². The molecule has 0 radical (unpaired) electrons. The molecule has 0 aliphatic rings. The van der Waals surface area contributed by atoms with Crippen LogP contribution in [-0.4, -0.2) is 76.1 Å². The van der Waals surface area contributed by atoms with Gasteiger partial charge in [-0.1, -0.05) is 33.6 Å². The lowest BCUT2D eigenvalue weighted by Gasteiger charge is -2.33. The average Bonchev–Trinajstić information content (AvgIpc) is 2.96. The Balaban J connectivity index is 0.0000101. The molecule has 2 rings (SSSR count). The highest BCUT2D eigenvalue weighted by atomic mass is 19.1. The van der Waals surface area contributed by atoms with Crippen LogP contribution in [0.15, 0.2) is 36.4 Å². The van der Waals surface area contributed by atoms with Crippen LogP contribution in [0.25, 0.3) is 0 Å². The number of carbonyl (C=O) groups excluding carboxylic acids is 4. The highest BCUT2D eigenvalue weighted by Gasteiger charge is 2.34. The van der Waals surface area contributed by atoms with Gasteiger partial charge in [-0.2, -0.15) is 0 Å². The summed E-state index contributed by atoms with van der Waals surface area (Å²) in [5, 5.41) is 27.6. The summed E-state index contributed by atoms with van der Waals surface area (Å²) in [6.07, 6.45) is -0.520. The summed E-state index contributed by atoms with van der Waals surface area (Å²) in [7, 11) is 0. The topological polar surface area (TPSA) is 162 Å². The molecule has 0 fully saturated rings. The summed E-state index contributed by atoms with van der Waals surface area (Å²) in [6, 6.07) is 4.34. The highest BCUT2D eigenvalue weighted by Crippen LogP contribution is 2.19. The molecule has 4 amide bonds. The number of nitrogens with two attached hydrogens (primary N) is 1. The molecule has 4 atom stereocenters. The van der Waals surface area contributed by atoms with Crippen molar-refractivity contribution in [3.8, 4) is 0 Å². The summed E-state index contributed by atoms with van der Waals surface area (Å²) in [5.41, 5.74) is 5.43. The number of halogens is 2. The third-order valence-corrected chi connectivity index (χ3v) is 7.13. The van der Waals surface area contributed by atoms with Crippen molar-refractivity contribution in [3.63, 3.8) is 0 Å². The van der Waals surface area contributed by atoms with Gasteiger partial charge >= 0.3 is 0 Å². The van der Waals surface area contributed by atoms with Crippen LogP contribution < -0.4 is 16.4 Å². The molecule has 44 heavy (non-hydrogen) atoms. The van der Waals surface area contributed by atoms with Crippen LogP contribution in [0.4, 0.5) is 8.78 Å². The van der Waals surface area contributed by atoms with Crippen LogP contribution >= 0.6 is 0 Å². The SMILES string of the molecule is CCCC[C@@H](NC(C)=O)[C@@H](O)[C@H](O)[C@H](Cc1cc(F)cc(F)c1)NC(=O)c1cc(C(N)=O)cc(C(=O)N(CCC)CCC)c1.[HH].[HH]. The fraction of sp³-hybridized carbons (Fsp3) is 0.500. The normalized spacial score (nSPS) is 13.8. The van der Waals surface area contributed by atoms with Gasteiger partial charge in [-0.3, -0.25) is 19.2 Å². The molecule has 0 aromatic heterocycles. The highest BCUT2D eigenvalue weighted by molar-refractivity contribution is 6.04. The minimum atomic E-state index is -1.70. The molecule has 246 valence electrons. The van der Waals surface area contributed by atoms with Gasteiger partial charge < -0.3 is 31.5 Å². The van der Waals surface area contributed by atoms with Crippen molar-refractivity contribution in [3.05, 3.63) is 70.3 Å². The molecule has 2 aromatic rings. The molecule has 0 heterocycles. The Bertz CT molecular complexity index is 1290. The first kappa shape index (κ1) is 36.3. The maximum Gasteiger partial charge on any atom is 0.253 e. The van der Waals surface area contributed by atoms with Crippen molar-refractivity contribution in [2.45, 2.75) is 90.5 Å². The number of nitrogens with zero attached hydrogens (tertiary/aromatic N) is 1. The van der Waals surface area contributed by atoms with E-state index in [1.807, 2.05) is 20.8 Å². The lowest BCUT2D eigenvalue weighted by molar-refractivity contribution is -0.121. The van der Waals surface area contributed by atoms with E-state index >= 15 is 0 Å².